The van der Waals surface area contributed by atoms with Gasteiger partial charge in [-0.1, -0.05) is 12.1 Å². The molecule has 0 amide bonds. The topological polar surface area (TPSA) is 32.3 Å². The minimum Gasteiger partial charge on any atom is -0.392 e. The van der Waals surface area contributed by atoms with Gasteiger partial charge in [0.25, 0.3) is 0 Å². The van der Waals surface area contributed by atoms with E-state index in [9.17, 15) is 9.50 Å². The lowest BCUT2D eigenvalue weighted by atomic mass is 10.1. The van der Waals surface area contributed by atoms with Gasteiger partial charge in [0, 0.05) is 12.6 Å². The predicted octanol–water partition coefficient (Wildman–Crippen LogP) is 1.83. The van der Waals surface area contributed by atoms with Crippen molar-refractivity contribution < 1.29 is 9.50 Å². The molecular formula is C12H16FNO. The number of hydrogen-bond acceptors (Lipinski definition) is 2. The summed E-state index contributed by atoms with van der Waals surface area (Å²) in [5.74, 6) is -0.207. The van der Waals surface area contributed by atoms with Gasteiger partial charge in [0.1, 0.15) is 5.82 Å². The summed E-state index contributed by atoms with van der Waals surface area (Å²) in [5.41, 5.74) is 0.925. The molecule has 0 spiro atoms. The van der Waals surface area contributed by atoms with E-state index < -0.39 is 0 Å². The minimum absolute atomic E-state index is 0.174. The van der Waals surface area contributed by atoms with Gasteiger partial charge in [0.2, 0.25) is 0 Å². The van der Waals surface area contributed by atoms with E-state index in [4.69, 9.17) is 0 Å². The maximum absolute atomic E-state index is 12.9. The first-order valence-corrected chi connectivity index (χ1v) is 5.41. The van der Waals surface area contributed by atoms with Crippen LogP contribution in [0.5, 0.6) is 0 Å². The Labute approximate surface area is 89.1 Å². The number of rotatable bonds is 3. The fourth-order valence-electron chi connectivity index (χ4n) is 2.07. The van der Waals surface area contributed by atoms with Gasteiger partial charge in [0.15, 0.2) is 0 Å². The van der Waals surface area contributed by atoms with Crippen molar-refractivity contribution in [2.24, 2.45) is 0 Å². The molecule has 0 unspecified atom stereocenters. The van der Waals surface area contributed by atoms with Crippen molar-refractivity contribution in [1.29, 1.82) is 0 Å². The lowest BCUT2D eigenvalue weighted by Crippen LogP contribution is -2.35. The molecule has 1 fully saturated rings. The molecule has 0 heterocycles. The molecule has 3 heteroatoms. The largest absolute Gasteiger partial charge is 0.392 e. The molecule has 15 heavy (non-hydrogen) atoms. The number of nitrogens with one attached hydrogen (secondary N) is 1. The summed E-state index contributed by atoms with van der Waals surface area (Å²) in [7, 11) is 0. The molecular weight excluding hydrogens is 193 g/mol. The molecule has 1 aliphatic carbocycles. The molecule has 2 atom stereocenters. The van der Waals surface area contributed by atoms with Crippen molar-refractivity contribution in [3.8, 4) is 0 Å². The monoisotopic (exact) mass is 209 g/mol. The summed E-state index contributed by atoms with van der Waals surface area (Å²) in [6, 6.07) is 6.73. The lowest BCUT2D eigenvalue weighted by Gasteiger charge is -2.16. The third-order valence-electron chi connectivity index (χ3n) is 2.94. The van der Waals surface area contributed by atoms with Crippen molar-refractivity contribution in [2.45, 2.75) is 38.0 Å². The van der Waals surface area contributed by atoms with E-state index in [1.165, 1.54) is 12.1 Å². The summed E-state index contributed by atoms with van der Waals surface area (Å²) in [6.07, 6.45) is 2.72. The van der Waals surface area contributed by atoms with Gasteiger partial charge in [-0.25, -0.2) is 4.39 Å². The van der Waals surface area contributed by atoms with E-state index >= 15 is 0 Å². The molecule has 0 aromatic heterocycles. The standard InChI is InChI=1S/C12H16FNO/c13-10-4-1-3-9(7-10)8-14-11-5-2-6-12(11)15/h1,3-4,7,11-12,14-15H,2,5-6,8H2/t11-,12-/m0/s1. The highest BCUT2D eigenvalue weighted by Gasteiger charge is 2.24. The van der Waals surface area contributed by atoms with Crippen LogP contribution in [-0.2, 0) is 6.54 Å². The average Bonchev–Trinajstić information content (AvgIpc) is 2.61. The van der Waals surface area contributed by atoms with Gasteiger partial charge < -0.3 is 10.4 Å². The fourth-order valence-corrected chi connectivity index (χ4v) is 2.07. The van der Waals surface area contributed by atoms with Crippen LogP contribution in [0.4, 0.5) is 4.39 Å². The molecule has 1 saturated carbocycles. The van der Waals surface area contributed by atoms with E-state index in [0.717, 1.165) is 24.8 Å². The average molecular weight is 209 g/mol. The normalized spacial score (nSPS) is 25.7. The minimum atomic E-state index is -0.237. The van der Waals surface area contributed by atoms with Crippen molar-refractivity contribution in [3.63, 3.8) is 0 Å². The third kappa shape index (κ3) is 2.76. The second-order valence-electron chi connectivity index (χ2n) is 4.12. The molecule has 2 rings (SSSR count). The Balaban J connectivity index is 1.87. The SMILES string of the molecule is O[C@H]1CCC[C@@H]1NCc1cccc(F)c1. The van der Waals surface area contributed by atoms with Gasteiger partial charge in [-0.15, -0.1) is 0 Å². The summed E-state index contributed by atoms with van der Waals surface area (Å²) in [6.45, 7) is 0.624. The highest BCUT2D eigenvalue weighted by molar-refractivity contribution is 5.16. The molecule has 1 aromatic carbocycles. The van der Waals surface area contributed by atoms with Crippen LogP contribution in [0.1, 0.15) is 24.8 Å². The van der Waals surface area contributed by atoms with Gasteiger partial charge in [-0.3, -0.25) is 0 Å². The molecule has 82 valence electrons. The molecule has 1 aliphatic rings. The maximum atomic E-state index is 12.9. The Morgan fingerprint density at radius 1 is 1.40 bits per heavy atom. The molecule has 0 bridgehead atoms. The van der Waals surface area contributed by atoms with Crippen LogP contribution in [0.15, 0.2) is 24.3 Å². The maximum Gasteiger partial charge on any atom is 0.123 e. The van der Waals surface area contributed by atoms with Crippen molar-refractivity contribution in [1.82, 2.24) is 5.32 Å². The van der Waals surface area contributed by atoms with Crippen LogP contribution < -0.4 is 5.32 Å². The van der Waals surface area contributed by atoms with E-state index in [2.05, 4.69) is 5.32 Å². The molecule has 1 aromatic rings. The van der Waals surface area contributed by atoms with Crippen LogP contribution in [0.3, 0.4) is 0 Å². The molecule has 0 aliphatic heterocycles. The number of benzene rings is 1. The molecule has 2 N–H and O–H groups in total. The molecule has 0 radical (unpaired) electrons. The second-order valence-corrected chi connectivity index (χ2v) is 4.12. The Hall–Kier alpha value is -0.930. The highest BCUT2D eigenvalue weighted by Crippen LogP contribution is 2.19. The van der Waals surface area contributed by atoms with Gasteiger partial charge in [-0.05, 0) is 37.0 Å². The van der Waals surface area contributed by atoms with E-state index in [-0.39, 0.29) is 18.0 Å². The molecule has 2 nitrogen and oxygen atoms in total. The third-order valence-corrected chi connectivity index (χ3v) is 2.94. The first-order valence-electron chi connectivity index (χ1n) is 5.41. The predicted molar refractivity (Wildman–Crippen MR) is 56.9 cm³/mol. The van der Waals surface area contributed by atoms with Crippen LogP contribution in [-0.4, -0.2) is 17.3 Å². The van der Waals surface area contributed by atoms with Crippen LogP contribution >= 0.6 is 0 Å². The van der Waals surface area contributed by atoms with E-state index in [0.29, 0.717) is 6.54 Å². The summed E-state index contributed by atoms with van der Waals surface area (Å²) < 4.78 is 12.9. The number of hydrogen-bond donors (Lipinski definition) is 2. The first-order chi connectivity index (χ1) is 7.25. The Kier molecular flexibility index (Phi) is 3.34. The van der Waals surface area contributed by atoms with Crippen LogP contribution in [0, 0.1) is 5.82 Å². The zero-order valence-electron chi connectivity index (χ0n) is 8.62. The Bertz CT molecular complexity index is 329. The Morgan fingerprint density at radius 2 is 2.27 bits per heavy atom. The molecule has 0 saturated heterocycles. The van der Waals surface area contributed by atoms with Crippen molar-refractivity contribution in [2.75, 3.05) is 0 Å². The van der Waals surface area contributed by atoms with Gasteiger partial charge in [0.05, 0.1) is 6.10 Å². The lowest BCUT2D eigenvalue weighted by molar-refractivity contribution is 0.148. The quantitative estimate of drug-likeness (QED) is 0.796. The van der Waals surface area contributed by atoms with E-state index in [1.807, 2.05) is 6.07 Å². The highest BCUT2D eigenvalue weighted by atomic mass is 19.1. The van der Waals surface area contributed by atoms with E-state index in [1.54, 1.807) is 6.07 Å². The van der Waals surface area contributed by atoms with Crippen LogP contribution in [0.2, 0.25) is 0 Å². The number of halogens is 1. The fraction of sp³-hybridized carbons (Fsp3) is 0.500. The summed E-state index contributed by atoms with van der Waals surface area (Å²) in [4.78, 5) is 0. The first kappa shape index (κ1) is 10.6. The zero-order chi connectivity index (χ0) is 10.7. The second kappa shape index (κ2) is 4.73. The van der Waals surface area contributed by atoms with Gasteiger partial charge >= 0.3 is 0 Å². The number of aliphatic hydroxyl groups is 1. The summed E-state index contributed by atoms with van der Waals surface area (Å²) in [5, 5.41) is 12.8. The van der Waals surface area contributed by atoms with Crippen molar-refractivity contribution >= 4 is 0 Å². The van der Waals surface area contributed by atoms with Crippen LogP contribution in [0.25, 0.3) is 0 Å². The zero-order valence-corrected chi connectivity index (χ0v) is 8.62. The number of aliphatic hydroxyl groups excluding tert-OH is 1. The smallest absolute Gasteiger partial charge is 0.123 e. The Morgan fingerprint density at radius 3 is 2.93 bits per heavy atom. The van der Waals surface area contributed by atoms with Gasteiger partial charge in [-0.2, -0.15) is 0 Å². The summed E-state index contributed by atoms with van der Waals surface area (Å²) >= 11 is 0. The van der Waals surface area contributed by atoms with Crippen molar-refractivity contribution in [3.05, 3.63) is 35.6 Å².